The second-order valence-corrected chi connectivity index (χ2v) is 7.14. The van der Waals surface area contributed by atoms with Gasteiger partial charge in [-0.1, -0.05) is 36.4 Å². The standard InChI is InChI=1S/C22H23NO3S/c1-25-20-10-7-16(13-21(20)26-2)11-12-23-22(24)15-27-19-9-8-17-5-3-4-6-18(17)14-19/h3-10,13-14H,11-12,15H2,1-2H3,(H,23,24). The molecule has 0 heterocycles. The monoisotopic (exact) mass is 381 g/mol. The Balaban J connectivity index is 1.46. The molecular weight excluding hydrogens is 358 g/mol. The summed E-state index contributed by atoms with van der Waals surface area (Å²) >= 11 is 1.55. The molecule has 0 aliphatic carbocycles. The summed E-state index contributed by atoms with van der Waals surface area (Å²) in [6.45, 7) is 0.590. The van der Waals surface area contributed by atoms with E-state index in [1.807, 2.05) is 30.3 Å². The molecule has 0 unspecified atom stereocenters. The average Bonchev–Trinajstić information content (AvgIpc) is 2.72. The minimum absolute atomic E-state index is 0.0358. The number of hydrogen-bond acceptors (Lipinski definition) is 4. The maximum atomic E-state index is 12.1. The minimum Gasteiger partial charge on any atom is -0.493 e. The van der Waals surface area contributed by atoms with Gasteiger partial charge in [0.1, 0.15) is 0 Å². The van der Waals surface area contributed by atoms with Gasteiger partial charge in [-0.05, 0) is 47.0 Å². The Kier molecular flexibility index (Phi) is 6.60. The van der Waals surface area contributed by atoms with Gasteiger partial charge in [-0.3, -0.25) is 4.79 Å². The molecule has 0 aliphatic heterocycles. The SMILES string of the molecule is COc1ccc(CCNC(=O)CSc2ccc3ccccc3c2)cc1OC. The van der Waals surface area contributed by atoms with Crippen LogP contribution < -0.4 is 14.8 Å². The number of ether oxygens (including phenoxy) is 2. The molecule has 5 heteroatoms. The molecule has 4 nitrogen and oxygen atoms in total. The van der Waals surface area contributed by atoms with Crippen LogP contribution in [0, 0.1) is 0 Å². The van der Waals surface area contributed by atoms with Crippen LogP contribution in [-0.4, -0.2) is 32.4 Å². The van der Waals surface area contributed by atoms with Gasteiger partial charge < -0.3 is 14.8 Å². The van der Waals surface area contributed by atoms with E-state index in [0.29, 0.717) is 23.8 Å². The second kappa shape index (κ2) is 9.33. The lowest BCUT2D eigenvalue weighted by atomic mass is 10.1. The van der Waals surface area contributed by atoms with Crippen molar-refractivity contribution in [2.24, 2.45) is 0 Å². The predicted octanol–water partition coefficient (Wildman–Crippen LogP) is 4.31. The van der Waals surface area contributed by atoms with Crippen molar-refractivity contribution >= 4 is 28.4 Å². The van der Waals surface area contributed by atoms with Crippen LogP contribution in [0.2, 0.25) is 0 Å². The Morgan fingerprint density at radius 1 is 0.926 bits per heavy atom. The predicted molar refractivity (Wildman–Crippen MR) is 111 cm³/mol. The van der Waals surface area contributed by atoms with Gasteiger partial charge in [0, 0.05) is 11.4 Å². The quantitative estimate of drug-likeness (QED) is 0.591. The van der Waals surface area contributed by atoms with Crippen molar-refractivity contribution in [1.82, 2.24) is 5.32 Å². The van der Waals surface area contributed by atoms with E-state index in [2.05, 4.69) is 35.6 Å². The van der Waals surface area contributed by atoms with Crippen molar-refractivity contribution in [2.45, 2.75) is 11.3 Å². The zero-order valence-electron chi connectivity index (χ0n) is 15.5. The molecule has 0 radical (unpaired) electrons. The highest BCUT2D eigenvalue weighted by Gasteiger charge is 2.06. The number of nitrogens with one attached hydrogen (secondary N) is 1. The van der Waals surface area contributed by atoms with Gasteiger partial charge in [0.15, 0.2) is 11.5 Å². The van der Waals surface area contributed by atoms with Crippen molar-refractivity contribution < 1.29 is 14.3 Å². The van der Waals surface area contributed by atoms with Crippen LogP contribution in [0.15, 0.2) is 65.6 Å². The zero-order chi connectivity index (χ0) is 19.1. The van der Waals surface area contributed by atoms with Gasteiger partial charge in [-0.15, -0.1) is 11.8 Å². The number of fused-ring (bicyclic) bond motifs is 1. The molecule has 1 N–H and O–H groups in total. The molecule has 0 bridgehead atoms. The highest BCUT2D eigenvalue weighted by atomic mass is 32.2. The number of hydrogen-bond donors (Lipinski definition) is 1. The Bertz CT molecular complexity index is 926. The van der Waals surface area contributed by atoms with E-state index in [1.165, 1.54) is 10.8 Å². The van der Waals surface area contributed by atoms with Crippen LogP contribution in [0.4, 0.5) is 0 Å². The molecule has 27 heavy (non-hydrogen) atoms. The van der Waals surface area contributed by atoms with Crippen LogP contribution in [0.3, 0.4) is 0 Å². The van der Waals surface area contributed by atoms with Crippen LogP contribution >= 0.6 is 11.8 Å². The Labute approximate surface area is 163 Å². The van der Waals surface area contributed by atoms with Gasteiger partial charge in [0.2, 0.25) is 5.91 Å². The number of carbonyl (C=O) groups excluding carboxylic acids is 1. The smallest absolute Gasteiger partial charge is 0.230 e. The van der Waals surface area contributed by atoms with Crippen LogP contribution in [0.1, 0.15) is 5.56 Å². The number of methoxy groups -OCH3 is 2. The zero-order valence-corrected chi connectivity index (χ0v) is 16.3. The molecular formula is C22H23NO3S. The lowest BCUT2D eigenvalue weighted by Crippen LogP contribution is -2.27. The summed E-state index contributed by atoms with van der Waals surface area (Å²) < 4.78 is 10.5. The maximum absolute atomic E-state index is 12.1. The Morgan fingerprint density at radius 3 is 2.48 bits per heavy atom. The lowest BCUT2D eigenvalue weighted by molar-refractivity contribution is -0.118. The van der Waals surface area contributed by atoms with E-state index in [0.717, 1.165) is 16.9 Å². The van der Waals surface area contributed by atoms with Gasteiger partial charge in [0.05, 0.1) is 20.0 Å². The van der Waals surface area contributed by atoms with Crippen molar-refractivity contribution in [3.05, 3.63) is 66.2 Å². The number of benzene rings is 3. The molecule has 0 spiro atoms. The van der Waals surface area contributed by atoms with Crippen LogP contribution in [0.25, 0.3) is 10.8 Å². The first-order chi connectivity index (χ1) is 13.2. The molecule has 140 valence electrons. The van der Waals surface area contributed by atoms with Crippen LogP contribution in [0.5, 0.6) is 11.5 Å². The van der Waals surface area contributed by atoms with E-state index >= 15 is 0 Å². The van der Waals surface area contributed by atoms with E-state index in [1.54, 1.807) is 26.0 Å². The molecule has 3 rings (SSSR count). The number of amides is 1. The van der Waals surface area contributed by atoms with E-state index in [9.17, 15) is 4.79 Å². The van der Waals surface area contributed by atoms with E-state index in [-0.39, 0.29) is 5.91 Å². The number of rotatable bonds is 8. The molecule has 0 fully saturated rings. The van der Waals surface area contributed by atoms with Gasteiger partial charge in [-0.25, -0.2) is 0 Å². The highest BCUT2D eigenvalue weighted by Crippen LogP contribution is 2.27. The average molecular weight is 381 g/mol. The van der Waals surface area contributed by atoms with Crippen molar-refractivity contribution in [3.8, 4) is 11.5 Å². The molecule has 3 aromatic rings. The summed E-state index contributed by atoms with van der Waals surface area (Å²) in [5.41, 5.74) is 1.09. The highest BCUT2D eigenvalue weighted by molar-refractivity contribution is 8.00. The first-order valence-electron chi connectivity index (χ1n) is 8.79. The van der Waals surface area contributed by atoms with Gasteiger partial charge in [0.25, 0.3) is 0 Å². The fourth-order valence-electron chi connectivity index (χ4n) is 2.84. The first kappa shape index (κ1) is 19.1. The van der Waals surface area contributed by atoms with Crippen molar-refractivity contribution in [3.63, 3.8) is 0 Å². The largest absolute Gasteiger partial charge is 0.493 e. The fraction of sp³-hybridized carbons (Fsp3) is 0.227. The van der Waals surface area contributed by atoms with Crippen molar-refractivity contribution in [1.29, 1.82) is 0 Å². The third kappa shape index (κ3) is 5.17. The summed E-state index contributed by atoms with van der Waals surface area (Å²) in [5.74, 6) is 1.85. The van der Waals surface area contributed by atoms with E-state index < -0.39 is 0 Å². The molecule has 0 saturated carbocycles. The summed E-state index contributed by atoms with van der Waals surface area (Å²) in [7, 11) is 3.23. The van der Waals surface area contributed by atoms with Gasteiger partial charge in [-0.2, -0.15) is 0 Å². The lowest BCUT2D eigenvalue weighted by Gasteiger charge is -2.10. The number of thioether (sulfide) groups is 1. The summed E-state index contributed by atoms with van der Waals surface area (Å²) in [5, 5.41) is 5.37. The minimum atomic E-state index is 0.0358. The number of carbonyl (C=O) groups is 1. The fourth-order valence-corrected chi connectivity index (χ4v) is 3.61. The molecule has 3 aromatic carbocycles. The Morgan fingerprint density at radius 2 is 1.70 bits per heavy atom. The second-order valence-electron chi connectivity index (χ2n) is 6.09. The Hall–Kier alpha value is -2.66. The normalized spacial score (nSPS) is 10.6. The molecule has 1 amide bonds. The third-order valence-corrected chi connectivity index (χ3v) is 5.27. The van der Waals surface area contributed by atoms with Crippen LogP contribution in [-0.2, 0) is 11.2 Å². The first-order valence-corrected chi connectivity index (χ1v) is 9.77. The molecule has 0 aliphatic rings. The van der Waals surface area contributed by atoms with Crippen molar-refractivity contribution in [2.75, 3.05) is 26.5 Å². The molecule has 0 saturated heterocycles. The summed E-state index contributed by atoms with van der Waals surface area (Å²) in [6, 6.07) is 20.3. The summed E-state index contributed by atoms with van der Waals surface area (Å²) in [6.07, 6.45) is 0.743. The van der Waals surface area contributed by atoms with Gasteiger partial charge >= 0.3 is 0 Å². The maximum Gasteiger partial charge on any atom is 0.230 e. The summed E-state index contributed by atoms with van der Waals surface area (Å²) in [4.78, 5) is 13.2. The van der Waals surface area contributed by atoms with E-state index in [4.69, 9.17) is 9.47 Å². The molecule has 0 aromatic heterocycles. The molecule has 0 atom stereocenters. The third-order valence-electron chi connectivity index (χ3n) is 4.27. The topological polar surface area (TPSA) is 47.6 Å².